The van der Waals surface area contributed by atoms with Gasteiger partial charge in [0, 0.05) is 29.9 Å². The summed E-state index contributed by atoms with van der Waals surface area (Å²) in [7, 11) is 1.66. The molecule has 0 radical (unpaired) electrons. The van der Waals surface area contributed by atoms with E-state index in [1.54, 1.807) is 7.11 Å². The highest BCUT2D eigenvalue weighted by Crippen LogP contribution is 2.35. The van der Waals surface area contributed by atoms with Crippen molar-refractivity contribution in [3.8, 4) is 5.75 Å². The molecule has 3 N–H and O–H groups in total. The van der Waals surface area contributed by atoms with Gasteiger partial charge in [0.1, 0.15) is 5.75 Å². The number of aliphatic hydroxyl groups excluding tert-OH is 1. The number of nitrogens with two attached hydrogens (primary N) is 1. The van der Waals surface area contributed by atoms with Gasteiger partial charge < -0.3 is 25.2 Å². The minimum Gasteiger partial charge on any atom is -0.496 e. The number of anilines is 1. The molecule has 1 aliphatic rings. The van der Waals surface area contributed by atoms with Crippen LogP contribution < -0.4 is 15.4 Å². The summed E-state index contributed by atoms with van der Waals surface area (Å²) in [6.07, 6.45) is -0.154. The maximum atomic E-state index is 9.32. The van der Waals surface area contributed by atoms with Gasteiger partial charge in [0.05, 0.1) is 26.4 Å². The topological polar surface area (TPSA) is 68.0 Å². The minimum atomic E-state index is -0.154. The molecule has 0 amide bonds. The number of rotatable bonds is 4. The summed E-state index contributed by atoms with van der Waals surface area (Å²) in [4.78, 5) is 2.24. The van der Waals surface area contributed by atoms with Crippen molar-refractivity contribution in [1.82, 2.24) is 0 Å². The highest BCUT2D eigenvalue weighted by atomic mass is 16.5. The fraction of sp³-hybridized carbons (Fsp3) is 0.600. The van der Waals surface area contributed by atoms with Crippen LogP contribution in [0.5, 0.6) is 5.75 Å². The average molecular weight is 280 g/mol. The molecule has 2 unspecified atom stereocenters. The van der Waals surface area contributed by atoms with Crippen molar-refractivity contribution in [1.29, 1.82) is 0 Å². The molecule has 20 heavy (non-hydrogen) atoms. The largest absolute Gasteiger partial charge is 0.496 e. The Hall–Kier alpha value is -1.30. The van der Waals surface area contributed by atoms with E-state index >= 15 is 0 Å². The van der Waals surface area contributed by atoms with E-state index in [0.29, 0.717) is 13.2 Å². The van der Waals surface area contributed by atoms with Gasteiger partial charge in [-0.25, -0.2) is 0 Å². The number of benzene rings is 1. The van der Waals surface area contributed by atoms with Gasteiger partial charge in [-0.3, -0.25) is 0 Å². The molecule has 1 fully saturated rings. The van der Waals surface area contributed by atoms with Crippen molar-refractivity contribution < 1.29 is 14.6 Å². The molecule has 112 valence electrons. The van der Waals surface area contributed by atoms with Crippen LogP contribution in [0.3, 0.4) is 0 Å². The molecule has 5 nitrogen and oxygen atoms in total. The van der Waals surface area contributed by atoms with E-state index in [4.69, 9.17) is 15.2 Å². The normalized spacial score (nSPS) is 24.6. The monoisotopic (exact) mass is 280 g/mol. The molecule has 0 aromatic heterocycles. The van der Waals surface area contributed by atoms with Gasteiger partial charge in [0.25, 0.3) is 0 Å². The number of ether oxygens (including phenoxy) is 2. The van der Waals surface area contributed by atoms with Crippen LogP contribution >= 0.6 is 0 Å². The summed E-state index contributed by atoms with van der Waals surface area (Å²) in [6, 6.07) is 6.07. The second-order valence-corrected chi connectivity index (χ2v) is 5.32. The van der Waals surface area contributed by atoms with Gasteiger partial charge in [-0.15, -0.1) is 0 Å². The van der Waals surface area contributed by atoms with E-state index in [0.717, 1.165) is 17.0 Å². The third kappa shape index (κ3) is 2.90. The number of morpholine rings is 1. The average Bonchev–Trinajstić information content (AvgIpc) is 2.46. The van der Waals surface area contributed by atoms with Gasteiger partial charge in [-0.2, -0.15) is 0 Å². The summed E-state index contributed by atoms with van der Waals surface area (Å²) in [5.41, 5.74) is 8.19. The predicted molar refractivity (Wildman–Crippen MR) is 79.2 cm³/mol. The lowest BCUT2D eigenvalue weighted by atomic mass is 10.0. The Morgan fingerprint density at radius 2 is 2.30 bits per heavy atom. The number of methoxy groups -OCH3 is 1. The Balaban J connectivity index is 2.40. The van der Waals surface area contributed by atoms with E-state index in [9.17, 15) is 5.11 Å². The molecule has 3 atom stereocenters. The molecule has 0 aliphatic carbocycles. The summed E-state index contributed by atoms with van der Waals surface area (Å²) < 4.78 is 11.0. The van der Waals surface area contributed by atoms with Crippen LogP contribution in [-0.4, -0.2) is 44.1 Å². The molecule has 1 aromatic carbocycles. The minimum absolute atomic E-state index is 0.0285. The van der Waals surface area contributed by atoms with Crippen LogP contribution in [0.25, 0.3) is 0 Å². The van der Waals surface area contributed by atoms with Crippen LogP contribution in [0.2, 0.25) is 0 Å². The molecule has 1 heterocycles. The Kier molecular flexibility index (Phi) is 4.86. The van der Waals surface area contributed by atoms with Crippen molar-refractivity contribution in [3.05, 3.63) is 23.8 Å². The fourth-order valence-electron chi connectivity index (χ4n) is 2.68. The molecule has 1 aliphatic heterocycles. The van der Waals surface area contributed by atoms with Gasteiger partial charge in [-0.05, 0) is 26.0 Å². The number of hydrogen-bond donors (Lipinski definition) is 2. The maximum absolute atomic E-state index is 9.32. The van der Waals surface area contributed by atoms with Crippen LogP contribution in [0.1, 0.15) is 25.5 Å². The van der Waals surface area contributed by atoms with Gasteiger partial charge in [0.15, 0.2) is 0 Å². The first-order chi connectivity index (χ1) is 9.58. The van der Waals surface area contributed by atoms with Crippen LogP contribution in [-0.2, 0) is 4.74 Å². The summed E-state index contributed by atoms with van der Waals surface area (Å²) >= 11 is 0. The van der Waals surface area contributed by atoms with Gasteiger partial charge in [0.2, 0.25) is 0 Å². The second-order valence-electron chi connectivity index (χ2n) is 5.32. The van der Waals surface area contributed by atoms with E-state index in [1.165, 1.54) is 0 Å². The lowest BCUT2D eigenvalue weighted by Gasteiger charge is -2.40. The molecule has 5 heteroatoms. The first kappa shape index (κ1) is 15.1. The zero-order chi connectivity index (χ0) is 14.7. The van der Waals surface area contributed by atoms with Crippen LogP contribution in [0.15, 0.2) is 18.2 Å². The van der Waals surface area contributed by atoms with Crippen molar-refractivity contribution in [2.45, 2.75) is 32.0 Å². The Bertz CT molecular complexity index is 451. The summed E-state index contributed by atoms with van der Waals surface area (Å²) in [6.45, 7) is 5.35. The van der Waals surface area contributed by atoms with Crippen molar-refractivity contribution in [2.75, 3.05) is 31.8 Å². The first-order valence-electron chi connectivity index (χ1n) is 7.00. The third-order valence-electron chi connectivity index (χ3n) is 3.74. The zero-order valence-electron chi connectivity index (χ0n) is 12.4. The lowest BCUT2D eigenvalue weighted by Crippen LogP contribution is -2.50. The van der Waals surface area contributed by atoms with Gasteiger partial charge >= 0.3 is 0 Å². The maximum Gasteiger partial charge on any atom is 0.125 e. The Morgan fingerprint density at radius 1 is 1.55 bits per heavy atom. The predicted octanol–water partition coefficient (Wildman–Crippen LogP) is 1.30. The molecule has 0 spiro atoms. The lowest BCUT2D eigenvalue weighted by molar-refractivity contribution is -0.0104. The molecule has 1 saturated heterocycles. The van der Waals surface area contributed by atoms with E-state index in [-0.39, 0.29) is 24.8 Å². The van der Waals surface area contributed by atoms with Crippen LogP contribution in [0.4, 0.5) is 5.69 Å². The quantitative estimate of drug-likeness (QED) is 0.870. The second kappa shape index (κ2) is 6.43. The Labute approximate surface area is 120 Å². The standard InChI is InChI=1S/C15H24N2O3/c1-10-9-20-12(8-18)7-17(10)13-5-4-6-14(19-3)15(13)11(2)16/h4-6,10-12,18H,7-9,16H2,1-3H3/t10?,11-,12?/m0/s1. The van der Waals surface area contributed by atoms with E-state index < -0.39 is 0 Å². The number of nitrogens with zero attached hydrogens (tertiary/aromatic N) is 1. The fourth-order valence-corrected chi connectivity index (χ4v) is 2.68. The Morgan fingerprint density at radius 3 is 2.90 bits per heavy atom. The van der Waals surface area contributed by atoms with Crippen molar-refractivity contribution >= 4 is 5.69 Å². The summed E-state index contributed by atoms with van der Waals surface area (Å²) in [5, 5.41) is 9.32. The van der Waals surface area contributed by atoms with Crippen molar-refractivity contribution in [3.63, 3.8) is 0 Å². The highest BCUT2D eigenvalue weighted by Gasteiger charge is 2.28. The molecule has 2 rings (SSSR count). The van der Waals surface area contributed by atoms with Crippen LogP contribution in [0, 0.1) is 0 Å². The first-order valence-corrected chi connectivity index (χ1v) is 7.00. The molecule has 1 aromatic rings. The zero-order valence-corrected chi connectivity index (χ0v) is 12.4. The van der Waals surface area contributed by atoms with Crippen molar-refractivity contribution in [2.24, 2.45) is 5.73 Å². The molecular weight excluding hydrogens is 256 g/mol. The molecular formula is C15H24N2O3. The van der Waals surface area contributed by atoms with Gasteiger partial charge in [-0.1, -0.05) is 6.07 Å². The summed E-state index contributed by atoms with van der Waals surface area (Å²) in [5.74, 6) is 0.803. The molecule has 0 bridgehead atoms. The molecule has 0 saturated carbocycles. The SMILES string of the molecule is COc1cccc(N2CC(CO)OCC2C)c1[C@H](C)N. The smallest absolute Gasteiger partial charge is 0.125 e. The third-order valence-corrected chi connectivity index (χ3v) is 3.74. The number of aliphatic hydroxyl groups is 1. The van der Waals surface area contributed by atoms with E-state index in [1.807, 2.05) is 19.1 Å². The number of hydrogen-bond acceptors (Lipinski definition) is 5. The van der Waals surface area contributed by atoms with E-state index in [2.05, 4.69) is 17.9 Å². The highest BCUT2D eigenvalue weighted by molar-refractivity contribution is 5.61.